The Balaban J connectivity index is 1.64. The van der Waals surface area contributed by atoms with E-state index in [9.17, 15) is 5.11 Å². The van der Waals surface area contributed by atoms with Crippen molar-refractivity contribution in [1.82, 2.24) is 0 Å². The fourth-order valence-electron chi connectivity index (χ4n) is 2.27. The second-order valence-electron chi connectivity index (χ2n) is 5.14. The molecular formula is C18H23NO2. The Morgan fingerprint density at radius 1 is 1.05 bits per heavy atom. The predicted octanol–water partition coefficient (Wildman–Crippen LogP) is 3.49. The molecule has 0 aromatic heterocycles. The zero-order valence-electron chi connectivity index (χ0n) is 12.5. The van der Waals surface area contributed by atoms with Gasteiger partial charge < -0.3 is 15.2 Å². The maximum atomic E-state index is 10.0. The second-order valence-corrected chi connectivity index (χ2v) is 5.14. The fraction of sp³-hybridized carbons (Fsp3) is 0.333. The Bertz CT molecular complexity index is 511. The van der Waals surface area contributed by atoms with Crippen LogP contribution < -0.4 is 10.1 Å². The minimum Gasteiger partial charge on any atom is -0.497 e. The zero-order chi connectivity index (χ0) is 14.9. The monoisotopic (exact) mass is 285 g/mol. The summed E-state index contributed by atoms with van der Waals surface area (Å²) in [7, 11) is 1.66. The number of hydrogen-bond acceptors (Lipinski definition) is 3. The largest absolute Gasteiger partial charge is 0.497 e. The third kappa shape index (κ3) is 5.48. The molecule has 0 amide bonds. The highest BCUT2D eigenvalue weighted by Crippen LogP contribution is 2.15. The van der Waals surface area contributed by atoms with Gasteiger partial charge in [-0.1, -0.05) is 30.3 Å². The van der Waals surface area contributed by atoms with Gasteiger partial charge in [0.2, 0.25) is 0 Å². The van der Waals surface area contributed by atoms with Crippen LogP contribution in [0.3, 0.4) is 0 Å². The summed E-state index contributed by atoms with van der Waals surface area (Å²) in [6.07, 6.45) is 2.20. The van der Waals surface area contributed by atoms with E-state index in [1.54, 1.807) is 7.11 Å². The first-order valence-electron chi connectivity index (χ1n) is 7.38. The van der Waals surface area contributed by atoms with Crippen LogP contribution in [0, 0.1) is 0 Å². The van der Waals surface area contributed by atoms with Gasteiger partial charge in [-0.15, -0.1) is 0 Å². The number of ether oxygens (including phenoxy) is 1. The van der Waals surface area contributed by atoms with Crippen LogP contribution in [0.15, 0.2) is 54.6 Å². The minimum absolute atomic E-state index is 0.273. The highest BCUT2D eigenvalue weighted by Gasteiger charge is 2.05. The van der Waals surface area contributed by atoms with Gasteiger partial charge in [0.15, 0.2) is 0 Å². The summed E-state index contributed by atoms with van der Waals surface area (Å²) in [5, 5.41) is 13.4. The van der Waals surface area contributed by atoms with Crippen LogP contribution in [0.5, 0.6) is 5.75 Å². The summed E-state index contributed by atoms with van der Waals surface area (Å²) in [5.41, 5.74) is 2.27. The third-order valence-corrected chi connectivity index (χ3v) is 3.45. The molecule has 0 aliphatic rings. The molecule has 3 nitrogen and oxygen atoms in total. The van der Waals surface area contributed by atoms with Crippen LogP contribution in [0.25, 0.3) is 0 Å². The van der Waals surface area contributed by atoms with Gasteiger partial charge >= 0.3 is 0 Å². The number of nitrogens with one attached hydrogen (secondary N) is 1. The molecule has 0 fully saturated rings. The normalized spacial score (nSPS) is 11.9. The van der Waals surface area contributed by atoms with E-state index < -0.39 is 0 Å². The molecule has 0 saturated heterocycles. The molecule has 0 aliphatic heterocycles. The highest BCUT2D eigenvalue weighted by molar-refractivity contribution is 5.46. The molecule has 0 saturated carbocycles. The van der Waals surface area contributed by atoms with Crippen molar-refractivity contribution < 1.29 is 9.84 Å². The van der Waals surface area contributed by atoms with Crippen molar-refractivity contribution in [3.05, 3.63) is 60.2 Å². The first kappa shape index (κ1) is 15.4. The van der Waals surface area contributed by atoms with Crippen molar-refractivity contribution in [3.63, 3.8) is 0 Å². The van der Waals surface area contributed by atoms with Gasteiger partial charge in [-0.25, -0.2) is 0 Å². The molecule has 2 N–H and O–H groups in total. The Labute approximate surface area is 126 Å². The highest BCUT2D eigenvalue weighted by atomic mass is 16.5. The average Bonchev–Trinajstić information content (AvgIpc) is 2.53. The van der Waals surface area contributed by atoms with E-state index in [1.165, 1.54) is 5.56 Å². The molecule has 0 heterocycles. The molecular weight excluding hydrogens is 262 g/mol. The van der Waals surface area contributed by atoms with Crippen molar-refractivity contribution in [2.45, 2.75) is 25.4 Å². The Hall–Kier alpha value is -2.00. The van der Waals surface area contributed by atoms with Gasteiger partial charge in [-0.2, -0.15) is 0 Å². The first-order valence-corrected chi connectivity index (χ1v) is 7.38. The van der Waals surface area contributed by atoms with E-state index in [4.69, 9.17) is 4.74 Å². The van der Waals surface area contributed by atoms with Crippen LogP contribution >= 0.6 is 0 Å². The molecule has 0 radical (unpaired) electrons. The van der Waals surface area contributed by atoms with E-state index >= 15 is 0 Å². The summed E-state index contributed by atoms with van der Waals surface area (Å²) in [6.45, 7) is 0.859. The van der Waals surface area contributed by atoms with E-state index in [2.05, 4.69) is 17.4 Å². The number of benzene rings is 2. The molecule has 0 aliphatic carbocycles. The van der Waals surface area contributed by atoms with Crippen molar-refractivity contribution in [2.24, 2.45) is 0 Å². The maximum Gasteiger partial charge on any atom is 0.119 e. The molecule has 3 heteroatoms. The van der Waals surface area contributed by atoms with Crippen LogP contribution in [-0.2, 0) is 6.42 Å². The van der Waals surface area contributed by atoms with Crippen molar-refractivity contribution in [1.29, 1.82) is 0 Å². The number of methoxy groups -OCH3 is 1. The van der Waals surface area contributed by atoms with Crippen LogP contribution in [0.4, 0.5) is 5.69 Å². The van der Waals surface area contributed by atoms with Crippen LogP contribution in [-0.4, -0.2) is 24.9 Å². The van der Waals surface area contributed by atoms with Gasteiger partial charge in [0.05, 0.1) is 13.2 Å². The van der Waals surface area contributed by atoms with Crippen molar-refractivity contribution in [3.8, 4) is 5.75 Å². The van der Waals surface area contributed by atoms with Gasteiger partial charge in [0.1, 0.15) is 5.75 Å². The predicted molar refractivity (Wildman–Crippen MR) is 86.9 cm³/mol. The Morgan fingerprint density at radius 2 is 1.76 bits per heavy atom. The number of rotatable bonds is 8. The maximum absolute atomic E-state index is 10.0. The van der Waals surface area contributed by atoms with E-state index in [1.807, 2.05) is 42.5 Å². The van der Waals surface area contributed by atoms with E-state index in [-0.39, 0.29) is 6.10 Å². The zero-order valence-corrected chi connectivity index (χ0v) is 12.5. The molecule has 112 valence electrons. The molecule has 2 rings (SSSR count). The van der Waals surface area contributed by atoms with Crippen molar-refractivity contribution >= 4 is 5.69 Å². The summed E-state index contributed by atoms with van der Waals surface area (Å²) in [4.78, 5) is 0. The van der Waals surface area contributed by atoms with E-state index in [0.29, 0.717) is 0 Å². The minimum atomic E-state index is -0.273. The second kappa shape index (κ2) is 8.32. The molecule has 2 aromatic rings. The van der Waals surface area contributed by atoms with Crippen molar-refractivity contribution in [2.75, 3.05) is 19.0 Å². The Morgan fingerprint density at radius 3 is 2.43 bits per heavy atom. The Kier molecular flexibility index (Phi) is 6.10. The van der Waals surface area contributed by atoms with Crippen LogP contribution in [0.2, 0.25) is 0 Å². The smallest absolute Gasteiger partial charge is 0.119 e. The average molecular weight is 285 g/mol. The number of hydrogen-bond donors (Lipinski definition) is 2. The molecule has 1 unspecified atom stereocenters. The molecule has 0 bridgehead atoms. The SMILES string of the molecule is COc1ccc(NCCCC(O)Cc2ccccc2)cc1. The lowest BCUT2D eigenvalue weighted by atomic mass is 10.0. The fourth-order valence-corrected chi connectivity index (χ4v) is 2.27. The topological polar surface area (TPSA) is 41.5 Å². The molecule has 1 atom stereocenters. The van der Waals surface area contributed by atoms with Gasteiger partial charge in [0.25, 0.3) is 0 Å². The molecule has 2 aromatic carbocycles. The summed E-state index contributed by atoms with van der Waals surface area (Å²) in [6, 6.07) is 18.0. The summed E-state index contributed by atoms with van der Waals surface area (Å²) in [5.74, 6) is 0.860. The van der Waals surface area contributed by atoms with Gasteiger partial charge in [0, 0.05) is 12.2 Å². The number of anilines is 1. The molecule has 0 spiro atoms. The van der Waals surface area contributed by atoms with Gasteiger partial charge in [-0.3, -0.25) is 0 Å². The van der Waals surface area contributed by atoms with Gasteiger partial charge in [-0.05, 0) is 49.1 Å². The third-order valence-electron chi connectivity index (χ3n) is 3.45. The lowest BCUT2D eigenvalue weighted by molar-refractivity contribution is 0.163. The van der Waals surface area contributed by atoms with Crippen LogP contribution in [0.1, 0.15) is 18.4 Å². The summed E-state index contributed by atoms with van der Waals surface area (Å²) < 4.78 is 5.12. The lowest BCUT2D eigenvalue weighted by Gasteiger charge is -2.11. The lowest BCUT2D eigenvalue weighted by Crippen LogP contribution is -2.12. The number of aliphatic hydroxyl groups is 1. The summed E-state index contributed by atoms with van der Waals surface area (Å²) >= 11 is 0. The van der Waals surface area contributed by atoms with E-state index in [0.717, 1.165) is 37.2 Å². The standard InChI is InChI=1S/C18H23NO2/c1-21-18-11-9-16(10-12-18)19-13-5-8-17(20)14-15-6-3-2-4-7-15/h2-4,6-7,9-12,17,19-20H,5,8,13-14H2,1H3. The first-order chi connectivity index (χ1) is 10.3. The quantitative estimate of drug-likeness (QED) is 0.730. The molecule has 21 heavy (non-hydrogen) atoms. The number of aliphatic hydroxyl groups excluding tert-OH is 1.